The third kappa shape index (κ3) is 13.4. The van der Waals surface area contributed by atoms with Gasteiger partial charge in [-0.3, -0.25) is 4.79 Å². The van der Waals surface area contributed by atoms with Crippen molar-refractivity contribution < 1.29 is 9.90 Å². The van der Waals surface area contributed by atoms with E-state index in [1.54, 1.807) is 0 Å². The highest BCUT2D eigenvalue weighted by atomic mass is 16.3. The number of amides is 1. The molecular formula is C27H43NO2. The molecule has 1 aromatic rings. The third-order valence-corrected chi connectivity index (χ3v) is 5.36. The van der Waals surface area contributed by atoms with Crippen LogP contribution in [0.3, 0.4) is 0 Å². The summed E-state index contributed by atoms with van der Waals surface area (Å²) in [7, 11) is 0. The highest BCUT2D eigenvalue weighted by Gasteiger charge is 2.17. The quantitative estimate of drug-likeness (QED) is 0.212. The van der Waals surface area contributed by atoms with Crippen molar-refractivity contribution in [2.24, 2.45) is 0 Å². The number of allylic oxidation sites excluding steroid dienone is 4. The number of aliphatic hydroxyl groups excluding tert-OH is 1. The average Bonchev–Trinajstić information content (AvgIpc) is 2.76. The normalized spacial score (nSPS) is 13.7. The van der Waals surface area contributed by atoms with Crippen molar-refractivity contribution in [3.8, 4) is 0 Å². The van der Waals surface area contributed by atoms with E-state index in [9.17, 15) is 9.90 Å². The Labute approximate surface area is 184 Å². The number of unbranched alkanes of at least 4 members (excludes halogenated alkanes) is 8. The molecule has 2 N–H and O–H groups in total. The van der Waals surface area contributed by atoms with Crippen LogP contribution in [-0.2, 0) is 4.79 Å². The van der Waals surface area contributed by atoms with Gasteiger partial charge in [0, 0.05) is 6.42 Å². The molecule has 0 bridgehead atoms. The van der Waals surface area contributed by atoms with Crippen LogP contribution in [0.25, 0.3) is 0 Å². The van der Waals surface area contributed by atoms with Gasteiger partial charge in [0.05, 0.1) is 12.1 Å². The van der Waals surface area contributed by atoms with E-state index in [0.717, 1.165) is 31.2 Å². The molecule has 1 rings (SSSR count). The fraction of sp³-hybridized carbons (Fsp3) is 0.593. The zero-order chi connectivity index (χ0) is 21.9. The van der Waals surface area contributed by atoms with Crippen molar-refractivity contribution in [1.29, 1.82) is 0 Å². The minimum atomic E-state index is -0.667. The van der Waals surface area contributed by atoms with Gasteiger partial charge in [-0.15, -0.1) is 0 Å². The molecule has 0 aromatic heterocycles. The largest absolute Gasteiger partial charge is 0.386 e. The van der Waals surface area contributed by atoms with Crippen molar-refractivity contribution in [1.82, 2.24) is 5.32 Å². The number of carbonyl (C=O) groups is 1. The number of benzene rings is 1. The van der Waals surface area contributed by atoms with Gasteiger partial charge >= 0.3 is 0 Å². The Hall–Kier alpha value is -1.87. The third-order valence-electron chi connectivity index (χ3n) is 5.36. The molecular weight excluding hydrogens is 370 g/mol. The summed E-state index contributed by atoms with van der Waals surface area (Å²) >= 11 is 0. The lowest BCUT2D eigenvalue weighted by Crippen LogP contribution is -2.36. The second-order valence-corrected chi connectivity index (χ2v) is 8.19. The Morgan fingerprint density at radius 3 is 2.17 bits per heavy atom. The van der Waals surface area contributed by atoms with Crippen LogP contribution in [0.15, 0.2) is 54.6 Å². The number of rotatable bonds is 17. The molecule has 0 aliphatic carbocycles. The summed E-state index contributed by atoms with van der Waals surface area (Å²) in [5.74, 6) is 0.0307. The molecule has 0 fully saturated rings. The first-order chi connectivity index (χ1) is 14.6. The van der Waals surface area contributed by atoms with Crippen molar-refractivity contribution in [3.63, 3.8) is 0 Å². The Kier molecular flexibility index (Phi) is 15.7. The van der Waals surface area contributed by atoms with Crippen LogP contribution < -0.4 is 5.32 Å². The van der Waals surface area contributed by atoms with Crippen molar-refractivity contribution in [2.75, 3.05) is 0 Å². The van der Waals surface area contributed by atoms with Gasteiger partial charge in [0.15, 0.2) is 0 Å². The summed E-state index contributed by atoms with van der Waals surface area (Å²) in [6, 6.07) is 9.20. The Balaban J connectivity index is 1.97. The van der Waals surface area contributed by atoms with Gasteiger partial charge in [-0.05, 0) is 51.0 Å². The summed E-state index contributed by atoms with van der Waals surface area (Å²) in [6.07, 6.45) is 22.0. The van der Waals surface area contributed by atoms with Crippen LogP contribution in [0.4, 0.5) is 0 Å². The van der Waals surface area contributed by atoms with Gasteiger partial charge < -0.3 is 10.4 Å². The van der Waals surface area contributed by atoms with Gasteiger partial charge in [-0.25, -0.2) is 0 Å². The smallest absolute Gasteiger partial charge is 0.220 e. The van der Waals surface area contributed by atoms with Crippen LogP contribution in [0.1, 0.15) is 103 Å². The minimum absolute atomic E-state index is 0.0307. The van der Waals surface area contributed by atoms with Crippen LogP contribution >= 0.6 is 0 Å². The number of nitrogens with one attached hydrogen (secondary N) is 1. The van der Waals surface area contributed by atoms with E-state index in [4.69, 9.17) is 0 Å². The topological polar surface area (TPSA) is 49.3 Å². The molecule has 0 aliphatic rings. The number of aliphatic hydroxyl groups is 1. The second kappa shape index (κ2) is 17.9. The van der Waals surface area contributed by atoms with E-state index < -0.39 is 6.10 Å². The maximum atomic E-state index is 12.1. The molecule has 0 aliphatic heterocycles. The van der Waals surface area contributed by atoms with E-state index in [1.165, 1.54) is 44.9 Å². The fourth-order valence-electron chi connectivity index (χ4n) is 3.44. The molecule has 0 radical (unpaired) electrons. The SMILES string of the molecule is CCCCC/C=C\C/C=C\CCCCCCCC(=O)N[C@@H](C)[C@H](O)c1ccccc1. The predicted octanol–water partition coefficient (Wildman–Crippen LogP) is 7.04. The van der Waals surface area contributed by atoms with E-state index in [-0.39, 0.29) is 11.9 Å². The van der Waals surface area contributed by atoms with Gasteiger partial charge in [-0.2, -0.15) is 0 Å². The molecule has 3 nitrogen and oxygen atoms in total. The highest BCUT2D eigenvalue weighted by Crippen LogP contribution is 2.16. The molecule has 0 heterocycles. The Morgan fingerprint density at radius 1 is 0.900 bits per heavy atom. The summed E-state index contributed by atoms with van der Waals surface area (Å²) in [5.41, 5.74) is 0.836. The van der Waals surface area contributed by atoms with Crippen LogP contribution in [-0.4, -0.2) is 17.1 Å². The van der Waals surface area contributed by atoms with Crippen molar-refractivity contribution in [2.45, 2.75) is 103 Å². The monoisotopic (exact) mass is 413 g/mol. The summed E-state index contributed by atoms with van der Waals surface area (Å²) in [4.78, 5) is 12.1. The first-order valence-corrected chi connectivity index (χ1v) is 12.0. The van der Waals surface area contributed by atoms with E-state index in [1.807, 2.05) is 37.3 Å². The van der Waals surface area contributed by atoms with E-state index >= 15 is 0 Å². The molecule has 30 heavy (non-hydrogen) atoms. The Morgan fingerprint density at radius 2 is 1.50 bits per heavy atom. The Bertz CT molecular complexity index is 594. The lowest BCUT2D eigenvalue weighted by atomic mass is 10.0. The standard InChI is InChI=1S/C27H43NO2/c1-3-4-5-6-7-8-9-10-11-12-13-14-15-16-20-23-26(29)28-24(2)27(30)25-21-18-17-19-22-25/h7-8,10-11,17-19,21-22,24,27,30H,3-6,9,12-16,20,23H2,1-2H3,(H,28,29)/b8-7-,11-10-/t24-,27-/m0/s1. The maximum absolute atomic E-state index is 12.1. The fourth-order valence-corrected chi connectivity index (χ4v) is 3.44. The summed E-state index contributed by atoms with van der Waals surface area (Å²) in [6.45, 7) is 4.09. The summed E-state index contributed by atoms with van der Waals surface area (Å²) < 4.78 is 0. The minimum Gasteiger partial charge on any atom is -0.386 e. The second-order valence-electron chi connectivity index (χ2n) is 8.19. The number of carbonyl (C=O) groups excluding carboxylic acids is 1. The lowest BCUT2D eigenvalue weighted by Gasteiger charge is -2.20. The number of hydrogen-bond donors (Lipinski definition) is 2. The molecule has 1 amide bonds. The highest BCUT2D eigenvalue weighted by molar-refractivity contribution is 5.76. The predicted molar refractivity (Wildman–Crippen MR) is 128 cm³/mol. The first kappa shape index (κ1) is 26.2. The molecule has 1 aromatic carbocycles. The maximum Gasteiger partial charge on any atom is 0.220 e. The van der Waals surface area contributed by atoms with Crippen LogP contribution in [0.2, 0.25) is 0 Å². The molecule has 0 saturated carbocycles. The molecule has 0 saturated heterocycles. The van der Waals surface area contributed by atoms with Crippen molar-refractivity contribution in [3.05, 3.63) is 60.2 Å². The molecule has 3 heteroatoms. The van der Waals surface area contributed by atoms with Gasteiger partial charge in [0.1, 0.15) is 0 Å². The van der Waals surface area contributed by atoms with Gasteiger partial charge in [-0.1, -0.05) is 93.7 Å². The summed E-state index contributed by atoms with van der Waals surface area (Å²) in [5, 5.41) is 13.2. The molecule has 0 unspecified atom stereocenters. The van der Waals surface area contributed by atoms with Crippen LogP contribution in [0.5, 0.6) is 0 Å². The zero-order valence-electron chi connectivity index (χ0n) is 19.2. The molecule has 2 atom stereocenters. The van der Waals surface area contributed by atoms with E-state index in [2.05, 4.69) is 36.5 Å². The van der Waals surface area contributed by atoms with E-state index in [0.29, 0.717) is 6.42 Å². The molecule has 168 valence electrons. The van der Waals surface area contributed by atoms with Gasteiger partial charge in [0.25, 0.3) is 0 Å². The van der Waals surface area contributed by atoms with Crippen LogP contribution in [0, 0.1) is 0 Å². The van der Waals surface area contributed by atoms with Gasteiger partial charge in [0.2, 0.25) is 5.91 Å². The van der Waals surface area contributed by atoms with Crippen molar-refractivity contribution >= 4 is 5.91 Å². The molecule has 0 spiro atoms. The first-order valence-electron chi connectivity index (χ1n) is 12.0. The lowest BCUT2D eigenvalue weighted by molar-refractivity contribution is -0.122. The number of hydrogen-bond acceptors (Lipinski definition) is 2. The average molecular weight is 414 g/mol. The zero-order valence-corrected chi connectivity index (χ0v) is 19.2.